The normalized spacial score (nSPS) is 13.8. The molecule has 1 unspecified atom stereocenters. The number of aliphatic imine (C=N–C) groups is 1. The van der Waals surface area contributed by atoms with Gasteiger partial charge < -0.3 is 25.4 Å². The fourth-order valence-electron chi connectivity index (χ4n) is 1.68. The molecule has 0 aliphatic heterocycles. The van der Waals surface area contributed by atoms with E-state index in [1.165, 1.54) is 7.11 Å². The summed E-state index contributed by atoms with van der Waals surface area (Å²) >= 11 is 0. The van der Waals surface area contributed by atoms with Crippen LogP contribution in [0.15, 0.2) is 4.99 Å². The van der Waals surface area contributed by atoms with Gasteiger partial charge in [-0.1, -0.05) is 6.92 Å². The average Bonchev–Trinajstić information content (AvgIpc) is 2.43. The molecule has 0 aliphatic carbocycles. The zero-order valence-corrected chi connectivity index (χ0v) is 16.1. The number of hydrogen-bond donors (Lipinski definition) is 3. The monoisotopic (exact) mass is 344 g/mol. The van der Waals surface area contributed by atoms with Crippen LogP contribution in [0.4, 0.5) is 4.79 Å². The molecule has 1 amide bonds. The summed E-state index contributed by atoms with van der Waals surface area (Å²) in [6, 6.07) is 0. The molecule has 0 saturated carbocycles. The SMILES string of the molecule is CN=C(NCC(C)C(=O)OC)NCC(C)(C)NC(=O)OC(C)(C)C. The van der Waals surface area contributed by atoms with Crippen molar-refractivity contribution in [3.05, 3.63) is 0 Å². The van der Waals surface area contributed by atoms with E-state index in [-0.39, 0.29) is 11.9 Å². The Bertz CT molecular complexity index is 455. The first-order valence-electron chi connectivity index (χ1n) is 7.93. The Morgan fingerprint density at radius 2 is 1.71 bits per heavy atom. The topological polar surface area (TPSA) is 101 Å². The number of ether oxygens (including phenoxy) is 2. The molecule has 0 saturated heterocycles. The van der Waals surface area contributed by atoms with Gasteiger partial charge in [-0.25, -0.2) is 4.79 Å². The Morgan fingerprint density at radius 1 is 1.12 bits per heavy atom. The summed E-state index contributed by atoms with van der Waals surface area (Å²) in [6.07, 6.45) is -0.475. The second-order valence-electron chi connectivity index (χ2n) is 7.24. The van der Waals surface area contributed by atoms with Crippen molar-refractivity contribution in [2.24, 2.45) is 10.9 Å². The number of esters is 1. The Kier molecular flexibility index (Phi) is 8.57. The molecular formula is C16H32N4O4. The summed E-state index contributed by atoms with van der Waals surface area (Å²) in [5.41, 5.74) is -1.09. The molecule has 0 spiro atoms. The lowest BCUT2D eigenvalue weighted by atomic mass is 10.1. The minimum Gasteiger partial charge on any atom is -0.469 e. The summed E-state index contributed by atoms with van der Waals surface area (Å²) in [5.74, 6) is -0.0452. The van der Waals surface area contributed by atoms with E-state index in [1.807, 2.05) is 34.6 Å². The van der Waals surface area contributed by atoms with Gasteiger partial charge in [0.25, 0.3) is 0 Å². The quantitative estimate of drug-likeness (QED) is 0.381. The average molecular weight is 344 g/mol. The molecular weight excluding hydrogens is 312 g/mol. The molecule has 1 atom stereocenters. The maximum Gasteiger partial charge on any atom is 0.408 e. The lowest BCUT2D eigenvalue weighted by Gasteiger charge is -2.29. The van der Waals surface area contributed by atoms with Gasteiger partial charge in [0.1, 0.15) is 5.60 Å². The van der Waals surface area contributed by atoms with Gasteiger partial charge in [0.2, 0.25) is 0 Å². The van der Waals surface area contributed by atoms with E-state index in [0.717, 1.165) is 0 Å². The number of nitrogens with one attached hydrogen (secondary N) is 3. The number of hydrogen-bond acceptors (Lipinski definition) is 5. The van der Waals surface area contributed by atoms with Crippen molar-refractivity contribution in [1.82, 2.24) is 16.0 Å². The van der Waals surface area contributed by atoms with E-state index in [2.05, 4.69) is 25.7 Å². The van der Waals surface area contributed by atoms with E-state index in [0.29, 0.717) is 19.0 Å². The molecule has 0 aliphatic rings. The largest absolute Gasteiger partial charge is 0.469 e. The summed E-state index contributed by atoms with van der Waals surface area (Å²) in [7, 11) is 2.99. The molecule has 0 aromatic rings. The molecule has 3 N–H and O–H groups in total. The minimum absolute atomic E-state index is 0.287. The first-order valence-corrected chi connectivity index (χ1v) is 7.93. The van der Waals surface area contributed by atoms with Gasteiger partial charge in [0.15, 0.2) is 5.96 Å². The number of carbonyl (C=O) groups is 2. The Morgan fingerprint density at radius 3 is 2.17 bits per heavy atom. The van der Waals surface area contributed by atoms with Gasteiger partial charge in [-0.3, -0.25) is 9.79 Å². The van der Waals surface area contributed by atoms with Crippen molar-refractivity contribution in [3.63, 3.8) is 0 Å². The highest BCUT2D eigenvalue weighted by Crippen LogP contribution is 2.09. The second kappa shape index (κ2) is 9.34. The van der Waals surface area contributed by atoms with Crippen molar-refractivity contribution in [1.29, 1.82) is 0 Å². The van der Waals surface area contributed by atoms with Crippen molar-refractivity contribution in [2.75, 3.05) is 27.2 Å². The maximum absolute atomic E-state index is 11.9. The van der Waals surface area contributed by atoms with E-state index < -0.39 is 17.2 Å². The minimum atomic E-state index is -0.548. The van der Waals surface area contributed by atoms with Gasteiger partial charge in [0, 0.05) is 20.1 Å². The van der Waals surface area contributed by atoms with Gasteiger partial charge in [-0.05, 0) is 34.6 Å². The third kappa shape index (κ3) is 9.91. The zero-order chi connectivity index (χ0) is 19.0. The number of amides is 1. The molecule has 0 aromatic heterocycles. The van der Waals surface area contributed by atoms with E-state index in [4.69, 9.17) is 4.74 Å². The third-order valence-electron chi connectivity index (χ3n) is 2.94. The smallest absolute Gasteiger partial charge is 0.408 e. The fraction of sp³-hybridized carbons (Fsp3) is 0.812. The number of methoxy groups -OCH3 is 1. The first-order chi connectivity index (χ1) is 10.9. The van der Waals surface area contributed by atoms with Crippen LogP contribution in [0.5, 0.6) is 0 Å². The number of nitrogens with zero attached hydrogens (tertiary/aromatic N) is 1. The molecule has 0 rings (SSSR count). The van der Waals surface area contributed by atoms with Crippen molar-refractivity contribution < 1.29 is 19.1 Å². The summed E-state index contributed by atoms with van der Waals surface area (Å²) in [6.45, 7) is 11.8. The Balaban J connectivity index is 4.40. The zero-order valence-electron chi connectivity index (χ0n) is 16.1. The molecule has 0 radical (unpaired) electrons. The number of guanidine groups is 1. The molecule has 24 heavy (non-hydrogen) atoms. The van der Waals surface area contributed by atoms with Crippen LogP contribution in [-0.4, -0.2) is 56.4 Å². The van der Waals surface area contributed by atoms with Crippen LogP contribution in [0.25, 0.3) is 0 Å². The molecule has 0 bridgehead atoms. The number of alkyl carbamates (subject to hydrolysis) is 1. The fourth-order valence-corrected chi connectivity index (χ4v) is 1.68. The van der Waals surface area contributed by atoms with E-state index in [1.54, 1.807) is 14.0 Å². The van der Waals surface area contributed by atoms with Crippen molar-refractivity contribution >= 4 is 18.0 Å². The number of rotatable bonds is 6. The number of carbonyl (C=O) groups excluding carboxylic acids is 2. The molecule has 0 heterocycles. The van der Waals surface area contributed by atoms with E-state index >= 15 is 0 Å². The molecule has 0 aromatic carbocycles. The lowest BCUT2D eigenvalue weighted by molar-refractivity contribution is -0.144. The van der Waals surface area contributed by atoms with Crippen LogP contribution >= 0.6 is 0 Å². The highest BCUT2D eigenvalue weighted by molar-refractivity contribution is 5.81. The molecule has 0 fully saturated rings. The van der Waals surface area contributed by atoms with Crippen LogP contribution < -0.4 is 16.0 Å². The van der Waals surface area contributed by atoms with Gasteiger partial charge in [-0.2, -0.15) is 0 Å². The third-order valence-corrected chi connectivity index (χ3v) is 2.94. The van der Waals surface area contributed by atoms with Crippen LogP contribution in [0.3, 0.4) is 0 Å². The summed E-state index contributed by atoms with van der Waals surface area (Å²) in [4.78, 5) is 27.3. The summed E-state index contributed by atoms with van der Waals surface area (Å²) < 4.78 is 9.92. The molecule has 140 valence electrons. The molecule has 8 heteroatoms. The Labute approximate surface area is 144 Å². The van der Waals surface area contributed by atoms with Gasteiger partial charge in [0.05, 0.1) is 18.6 Å². The van der Waals surface area contributed by atoms with Crippen LogP contribution in [0.2, 0.25) is 0 Å². The van der Waals surface area contributed by atoms with Crippen LogP contribution in [-0.2, 0) is 14.3 Å². The van der Waals surface area contributed by atoms with Crippen LogP contribution in [0.1, 0.15) is 41.5 Å². The van der Waals surface area contributed by atoms with Crippen molar-refractivity contribution in [2.45, 2.75) is 52.7 Å². The predicted molar refractivity (Wildman–Crippen MR) is 94.0 cm³/mol. The maximum atomic E-state index is 11.9. The predicted octanol–water partition coefficient (Wildman–Crippen LogP) is 1.26. The van der Waals surface area contributed by atoms with Gasteiger partial charge in [-0.15, -0.1) is 0 Å². The lowest BCUT2D eigenvalue weighted by Crippen LogP contribution is -2.54. The Hall–Kier alpha value is -1.99. The first kappa shape index (κ1) is 22.0. The van der Waals surface area contributed by atoms with Crippen LogP contribution in [0, 0.1) is 5.92 Å². The second-order valence-corrected chi connectivity index (χ2v) is 7.24. The van der Waals surface area contributed by atoms with Crippen molar-refractivity contribution in [3.8, 4) is 0 Å². The highest BCUT2D eigenvalue weighted by Gasteiger charge is 2.25. The van der Waals surface area contributed by atoms with E-state index in [9.17, 15) is 9.59 Å². The summed E-state index contributed by atoms with van der Waals surface area (Å²) in [5, 5.41) is 8.95. The molecule has 8 nitrogen and oxygen atoms in total. The highest BCUT2D eigenvalue weighted by atomic mass is 16.6. The van der Waals surface area contributed by atoms with Gasteiger partial charge >= 0.3 is 12.1 Å². The standard InChI is InChI=1S/C16H32N4O4/c1-11(12(21)23-8)9-18-13(17-7)19-10-16(5,6)20-14(22)24-15(2,3)4/h11H,9-10H2,1-8H3,(H,20,22)(H2,17,18,19).